The number of hydrogen-bond acceptors (Lipinski definition) is 8. The summed E-state index contributed by atoms with van der Waals surface area (Å²) in [5.74, 6) is -0.0288. The van der Waals surface area contributed by atoms with Gasteiger partial charge >= 0.3 is 7.60 Å². The lowest BCUT2D eigenvalue weighted by Gasteiger charge is -2.13. The van der Waals surface area contributed by atoms with Crippen LogP contribution >= 0.6 is 7.60 Å². The highest BCUT2D eigenvalue weighted by molar-refractivity contribution is 7.94. The highest BCUT2D eigenvalue weighted by Gasteiger charge is 2.20. The normalized spacial score (nSPS) is 12.9. The smallest absolute Gasteiger partial charge is 0.376 e. The Balaban J connectivity index is 2.27. The Labute approximate surface area is 203 Å². The number of anilines is 1. The van der Waals surface area contributed by atoms with Crippen LogP contribution in [0.2, 0.25) is 0 Å². The van der Waals surface area contributed by atoms with Crippen molar-refractivity contribution in [2.45, 2.75) is 26.9 Å². The fourth-order valence-corrected chi connectivity index (χ4v) is 3.68. The summed E-state index contributed by atoms with van der Waals surface area (Å²) in [5, 5.41) is 2.48. The van der Waals surface area contributed by atoms with E-state index in [9.17, 15) is 17.8 Å². The molecular formula is C22H26N3O8PS. The molecule has 0 atom stereocenters. The van der Waals surface area contributed by atoms with Crippen molar-refractivity contribution in [1.82, 2.24) is 9.97 Å². The maximum atomic E-state index is 12.7. The maximum absolute atomic E-state index is 12.7. The number of sulfone groups is 1. The van der Waals surface area contributed by atoms with E-state index >= 15 is 0 Å². The standard InChI is InChI=1S/C22H26N3O8PS/c1-5-7-19(35(4,30)31)8-6-9-32-17-10-16(11-18(12-17)33-15(2)3)22(26)25-20-13-24-21(14-23-20)34(27,28)29/h5-15H,1-4H3,(H,23,25,26)(H2,27,28,29)/b7-5-,9-6+,19-8+. The summed E-state index contributed by atoms with van der Waals surface area (Å²) in [4.78, 5) is 38.5. The molecule has 1 aromatic heterocycles. The van der Waals surface area contributed by atoms with E-state index in [1.54, 1.807) is 19.1 Å². The van der Waals surface area contributed by atoms with Gasteiger partial charge < -0.3 is 24.6 Å². The van der Waals surface area contributed by atoms with Crippen molar-refractivity contribution in [2.24, 2.45) is 0 Å². The third kappa shape index (κ3) is 9.10. The Morgan fingerprint density at radius 3 is 2.37 bits per heavy atom. The van der Waals surface area contributed by atoms with E-state index in [4.69, 9.17) is 19.3 Å². The third-order valence-electron chi connectivity index (χ3n) is 3.99. The third-order valence-corrected chi connectivity index (χ3v) is 5.95. The highest BCUT2D eigenvalue weighted by Crippen LogP contribution is 2.31. The number of nitrogens with one attached hydrogen (secondary N) is 1. The van der Waals surface area contributed by atoms with Crippen molar-refractivity contribution in [3.63, 3.8) is 0 Å². The number of aromatic nitrogens is 2. The van der Waals surface area contributed by atoms with Crippen LogP contribution in [0.15, 0.2) is 66.1 Å². The van der Waals surface area contributed by atoms with E-state index in [0.717, 1.165) is 18.6 Å². The molecule has 11 nitrogen and oxygen atoms in total. The van der Waals surface area contributed by atoms with Gasteiger partial charge in [-0.05, 0) is 51.1 Å². The van der Waals surface area contributed by atoms with E-state index in [2.05, 4.69) is 15.3 Å². The number of nitrogens with zero attached hydrogens (tertiary/aromatic N) is 2. The molecule has 0 aliphatic rings. The van der Waals surface area contributed by atoms with Gasteiger partial charge in [-0.15, -0.1) is 0 Å². The zero-order chi connectivity index (χ0) is 26.2. The largest absolute Gasteiger partial charge is 0.491 e. The van der Waals surface area contributed by atoms with Crippen LogP contribution in [0.4, 0.5) is 5.82 Å². The minimum Gasteiger partial charge on any atom is -0.491 e. The predicted octanol–water partition coefficient (Wildman–Crippen LogP) is 2.72. The Bertz CT molecular complexity index is 1300. The molecule has 1 amide bonds. The molecule has 0 saturated heterocycles. The number of hydrogen-bond donors (Lipinski definition) is 3. The second kappa shape index (κ2) is 11.9. The minimum atomic E-state index is -4.56. The number of amides is 1. The lowest BCUT2D eigenvalue weighted by Crippen LogP contribution is -2.16. The van der Waals surface area contributed by atoms with Gasteiger partial charge in [-0.2, -0.15) is 0 Å². The van der Waals surface area contributed by atoms with Gasteiger partial charge in [0.1, 0.15) is 11.5 Å². The summed E-state index contributed by atoms with van der Waals surface area (Å²) in [5.41, 5.74) is -0.374. The highest BCUT2D eigenvalue weighted by atomic mass is 32.2. The summed E-state index contributed by atoms with van der Waals surface area (Å²) in [7, 11) is -7.97. The molecule has 35 heavy (non-hydrogen) atoms. The molecule has 0 fully saturated rings. The first-order chi connectivity index (χ1) is 16.3. The van der Waals surface area contributed by atoms with E-state index in [0.29, 0.717) is 5.75 Å². The maximum Gasteiger partial charge on any atom is 0.376 e. The first-order valence-corrected chi connectivity index (χ1v) is 13.7. The molecule has 2 aromatic rings. The molecule has 1 aromatic carbocycles. The second-order valence-corrected chi connectivity index (χ2v) is 11.0. The van der Waals surface area contributed by atoms with Crippen LogP contribution < -0.4 is 20.2 Å². The summed E-state index contributed by atoms with van der Waals surface area (Å²) in [6.07, 6.45) is 9.90. The average molecular weight is 524 g/mol. The van der Waals surface area contributed by atoms with Gasteiger partial charge in [0, 0.05) is 17.9 Å². The van der Waals surface area contributed by atoms with Crippen LogP contribution in [0.5, 0.6) is 11.5 Å². The molecule has 0 saturated carbocycles. The van der Waals surface area contributed by atoms with Crippen LogP contribution in [0.1, 0.15) is 31.1 Å². The van der Waals surface area contributed by atoms with Gasteiger partial charge in [0.25, 0.3) is 5.91 Å². The van der Waals surface area contributed by atoms with E-state index in [1.165, 1.54) is 36.6 Å². The molecule has 0 radical (unpaired) electrons. The quantitative estimate of drug-likeness (QED) is 0.239. The molecule has 2 rings (SSSR count). The van der Waals surface area contributed by atoms with E-state index in [-0.39, 0.29) is 28.1 Å². The van der Waals surface area contributed by atoms with Gasteiger partial charge in [0.15, 0.2) is 21.1 Å². The van der Waals surface area contributed by atoms with Crippen LogP contribution in [-0.2, 0) is 14.4 Å². The number of ether oxygens (including phenoxy) is 2. The monoisotopic (exact) mass is 523 g/mol. The summed E-state index contributed by atoms with van der Waals surface area (Å²) in [6, 6.07) is 4.47. The molecule has 0 aliphatic carbocycles. The zero-order valence-corrected chi connectivity index (χ0v) is 21.2. The Morgan fingerprint density at radius 2 is 1.83 bits per heavy atom. The molecule has 0 aliphatic heterocycles. The molecule has 3 N–H and O–H groups in total. The van der Waals surface area contributed by atoms with Crippen LogP contribution in [-0.4, -0.2) is 46.4 Å². The van der Waals surface area contributed by atoms with Crippen molar-refractivity contribution < 1.29 is 37.0 Å². The Morgan fingerprint density at radius 1 is 1.14 bits per heavy atom. The fourth-order valence-electron chi connectivity index (χ4n) is 2.55. The minimum absolute atomic E-state index is 0.0211. The van der Waals surface area contributed by atoms with Crippen molar-refractivity contribution in [3.8, 4) is 11.5 Å². The van der Waals surface area contributed by atoms with Gasteiger partial charge in [0.05, 0.1) is 29.7 Å². The fraction of sp³-hybridized carbons (Fsp3) is 0.227. The van der Waals surface area contributed by atoms with Crippen molar-refractivity contribution in [1.29, 1.82) is 0 Å². The molecule has 1 heterocycles. The molecule has 13 heteroatoms. The molecule has 0 bridgehead atoms. The van der Waals surface area contributed by atoms with Gasteiger partial charge in [-0.25, -0.2) is 18.4 Å². The topological polar surface area (TPSA) is 165 Å². The van der Waals surface area contributed by atoms with Crippen LogP contribution in [0.3, 0.4) is 0 Å². The van der Waals surface area contributed by atoms with Crippen LogP contribution in [0, 0.1) is 0 Å². The average Bonchev–Trinajstić information content (AvgIpc) is 2.74. The molecular weight excluding hydrogens is 497 g/mol. The lowest BCUT2D eigenvalue weighted by molar-refractivity contribution is 0.102. The second-order valence-electron chi connectivity index (χ2n) is 7.41. The summed E-state index contributed by atoms with van der Waals surface area (Å²) < 4.78 is 46.0. The number of allylic oxidation sites excluding steroid dienone is 4. The summed E-state index contributed by atoms with van der Waals surface area (Å²) in [6.45, 7) is 5.32. The number of benzene rings is 1. The first-order valence-electron chi connectivity index (χ1n) is 10.2. The van der Waals surface area contributed by atoms with Gasteiger partial charge in [-0.1, -0.05) is 6.08 Å². The van der Waals surface area contributed by atoms with Crippen molar-refractivity contribution >= 4 is 34.6 Å². The molecule has 188 valence electrons. The molecule has 0 unspecified atom stereocenters. The summed E-state index contributed by atoms with van der Waals surface area (Å²) >= 11 is 0. The first kappa shape index (κ1) is 27.9. The predicted molar refractivity (Wildman–Crippen MR) is 131 cm³/mol. The van der Waals surface area contributed by atoms with E-state index < -0.39 is 28.8 Å². The van der Waals surface area contributed by atoms with Gasteiger partial charge in [-0.3, -0.25) is 9.36 Å². The zero-order valence-electron chi connectivity index (χ0n) is 19.4. The lowest BCUT2D eigenvalue weighted by atomic mass is 10.2. The molecule has 0 spiro atoms. The SMILES string of the molecule is C\C=C/C(=C\C=C\Oc1cc(OC(C)C)cc(C(=O)Nc2cnc(P(=O)(O)O)cn2)c1)S(C)(=O)=O. The Hall–Kier alpha value is -3.31. The van der Waals surface area contributed by atoms with Crippen molar-refractivity contribution in [3.05, 3.63) is 71.6 Å². The Kier molecular flexibility index (Phi) is 9.49. The number of carbonyl (C=O) groups excluding carboxylic acids is 1. The van der Waals surface area contributed by atoms with Crippen molar-refractivity contribution in [2.75, 3.05) is 11.6 Å². The van der Waals surface area contributed by atoms with Crippen LogP contribution in [0.25, 0.3) is 0 Å². The van der Waals surface area contributed by atoms with Gasteiger partial charge in [0.2, 0.25) is 0 Å². The van der Waals surface area contributed by atoms with E-state index in [1.807, 2.05) is 13.8 Å². The number of rotatable bonds is 10. The number of carbonyl (C=O) groups is 1.